The van der Waals surface area contributed by atoms with Crippen molar-refractivity contribution in [1.29, 1.82) is 0 Å². The number of ketones is 1. The molecule has 0 spiro atoms. The fraction of sp³-hybridized carbons (Fsp3) is 0.0714. The first kappa shape index (κ1) is 13.2. The number of aryl methyl sites for hydroxylation is 1. The minimum absolute atomic E-state index is 0.0805. The number of nitrogens with zero attached hydrogens (tertiary/aromatic N) is 2. The van der Waals surface area contributed by atoms with Crippen molar-refractivity contribution in [3.8, 4) is 0 Å². The van der Waals surface area contributed by atoms with E-state index in [1.54, 1.807) is 29.6 Å². The molecular formula is C14H12N2O2S. The lowest BCUT2D eigenvalue weighted by Crippen LogP contribution is -1.98. The van der Waals surface area contributed by atoms with Crippen LogP contribution in [-0.2, 0) is 0 Å². The van der Waals surface area contributed by atoms with E-state index in [4.69, 9.17) is 5.11 Å². The lowest BCUT2D eigenvalue weighted by molar-refractivity contribution is 0.103. The number of aliphatic hydroxyl groups excluding tert-OH is 1. The molecule has 1 heterocycles. The van der Waals surface area contributed by atoms with Gasteiger partial charge in [0.2, 0.25) is 5.78 Å². The first-order valence-corrected chi connectivity index (χ1v) is 6.49. The molecule has 1 aromatic carbocycles. The van der Waals surface area contributed by atoms with Gasteiger partial charge < -0.3 is 5.11 Å². The number of rotatable bonds is 4. The molecule has 0 fully saturated rings. The van der Waals surface area contributed by atoms with Crippen LogP contribution in [0, 0.1) is 6.92 Å². The molecule has 4 nitrogen and oxygen atoms in total. The second kappa shape index (κ2) is 6.06. The summed E-state index contributed by atoms with van der Waals surface area (Å²) in [5, 5.41) is 18.6. The van der Waals surface area contributed by atoms with Gasteiger partial charge in [0.25, 0.3) is 0 Å². The van der Waals surface area contributed by atoms with Gasteiger partial charge in [0.1, 0.15) is 6.26 Å². The molecule has 0 unspecified atom stereocenters. The molecule has 19 heavy (non-hydrogen) atoms. The Balaban J connectivity index is 2.16. The average Bonchev–Trinajstić information content (AvgIpc) is 2.95. The Hall–Kier alpha value is -2.27. The summed E-state index contributed by atoms with van der Waals surface area (Å²) in [4.78, 5) is 12.5. The van der Waals surface area contributed by atoms with Crippen LogP contribution < -0.4 is 0 Å². The number of hydrogen-bond donors (Lipinski definition) is 1. The van der Waals surface area contributed by atoms with Crippen molar-refractivity contribution in [2.45, 2.75) is 6.92 Å². The van der Waals surface area contributed by atoms with Gasteiger partial charge in [-0.2, -0.15) is 5.11 Å². The summed E-state index contributed by atoms with van der Waals surface area (Å²) in [5.74, 6) is -0.339. The van der Waals surface area contributed by atoms with Gasteiger partial charge in [-0.15, -0.1) is 16.5 Å². The van der Waals surface area contributed by atoms with Crippen LogP contribution in [0.25, 0.3) is 0 Å². The Bertz CT molecular complexity index is 613. The van der Waals surface area contributed by atoms with Crippen LogP contribution >= 0.6 is 11.3 Å². The van der Waals surface area contributed by atoms with Crippen molar-refractivity contribution < 1.29 is 9.90 Å². The van der Waals surface area contributed by atoms with Crippen molar-refractivity contribution in [2.75, 3.05) is 0 Å². The van der Waals surface area contributed by atoms with Crippen LogP contribution in [0.15, 0.2) is 64.0 Å². The maximum absolute atomic E-state index is 11.9. The highest BCUT2D eigenvalue weighted by molar-refractivity contribution is 7.12. The molecule has 0 amide bonds. The quantitative estimate of drug-likeness (QED) is 0.387. The molecular weight excluding hydrogens is 260 g/mol. The van der Waals surface area contributed by atoms with E-state index in [0.717, 1.165) is 5.56 Å². The number of azo groups is 1. The number of thiophene rings is 1. The Morgan fingerprint density at radius 1 is 1.26 bits per heavy atom. The molecule has 0 atom stereocenters. The highest BCUT2D eigenvalue weighted by Gasteiger charge is 2.13. The first-order chi connectivity index (χ1) is 9.20. The lowest BCUT2D eigenvalue weighted by Gasteiger charge is -1.96. The van der Waals surface area contributed by atoms with Crippen molar-refractivity contribution in [3.05, 3.63) is 64.2 Å². The molecule has 0 saturated heterocycles. The SMILES string of the molecule is Cc1ccc(N=N/C(=C\O)C(=O)c2cccs2)cc1. The largest absolute Gasteiger partial charge is 0.513 e. The molecule has 1 aromatic heterocycles. The summed E-state index contributed by atoms with van der Waals surface area (Å²) in [6.07, 6.45) is 0.680. The number of benzene rings is 1. The van der Waals surface area contributed by atoms with Crippen molar-refractivity contribution in [2.24, 2.45) is 10.2 Å². The second-order valence-corrected chi connectivity index (χ2v) is 4.80. The summed E-state index contributed by atoms with van der Waals surface area (Å²) in [5.41, 5.74) is 1.67. The molecule has 96 valence electrons. The number of carbonyl (C=O) groups is 1. The van der Waals surface area contributed by atoms with Crippen LogP contribution in [0.2, 0.25) is 0 Å². The number of hydrogen-bond acceptors (Lipinski definition) is 5. The van der Waals surface area contributed by atoms with Gasteiger partial charge in [-0.05, 0) is 30.5 Å². The summed E-state index contributed by atoms with van der Waals surface area (Å²) in [7, 11) is 0. The highest BCUT2D eigenvalue weighted by Crippen LogP contribution is 2.18. The number of allylic oxidation sites excluding steroid dienone is 1. The zero-order valence-corrected chi connectivity index (χ0v) is 11.1. The van der Waals surface area contributed by atoms with Crippen molar-refractivity contribution in [3.63, 3.8) is 0 Å². The predicted molar refractivity (Wildman–Crippen MR) is 75.1 cm³/mol. The van der Waals surface area contributed by atoms with Gasteiger partial charge in [-0.3, -0.25) is 4.79 Å². The third-order valence-corrected chi connectivity index (χ3v) is 3.28. The van der Waals surface area contributed by atoms with E-state index in [2.05, 4.69) is 10.2 Å². The van der Waals surface area contributed by atoms with Gasteiger partial charge in [-0.25, -0.2) is 0 Å². The third kappa shape index (κ3) is 3.35. The molecule has 0 bridgehead atoms. The van der Waals surface area contributed by atoms with E-state index in [1.165, 1.54) is 11.3 Å². The normalized spacial score (nSPS) is 11.9. The van der Waals surface area contributed by atoms with Crippen molar-refractivity contribution in [1.82, 2.24) is 0 Å². The van der Waals surface area contributed by atoms with Crippen LogP contribution in [0.1, 0.15) is 15.2 Å². The summed E-state index contributed by atoms with van der Waals surface area (Å²) >= 11 is 1.30. The topological polar surface area (TPSA) is 62.0 Å². The molecule has 0 aliphatic rings. The third-order valence-electron chi connectivity index (χ3n) is 2.41. The van der Waals surface area contributed by atoms with E-state index in [0.29, 0.717) is 16.8 Å². The van der Waals surface area contributed by atoms with E-state index in [1.807, 2.05) is 19.1 Å². The minimum atomic E-state index is -0.339. The van der Waals surface area contributed by atoms with E-state index >= 15 is 0 Å². The van der Waals surface area contributed by atoms with Gasteiger partial charge in [-0.1, -0.05) is 23.8 Å². The molecule has 0 radical (unpaired) electrons. The van der Waals surface area contributed by atoms with Crippen LogP contribution in [0.4, 0.5) is 5.69 Å². The van der Waals surface area contributed by atoms with Crippen LogP contribution in [-0.4, -0.2) is 10.9 Å². The molecule has 2 aromatic rings. The molecule has 1 N–H and O–H groups in total. The monoisotopic (exact) mass is 272 g/mol. The molecule has 5 heteroatoms. The summed E-state index contributed by atoms with van der Waals surface area (Å²) in [6, 6.07) is 10.8. The Morgan fingerprint density at radius 2 is 2.00 bits per heavy atom. The standard InChI is InChI=1S/C14H12N2O2S/c1-10-4-6-11(7-5-10)15-16-12(9-17)14(18)13-3-2-8-19-13/h2-9,17H,1H3/b12-9-,16-15?. The van der Waals surface area contributed by atoms with Gasteiger partial charge in [0, 0.05) is 0 Å². The molecule has 0 aliphatic carbocycles. The highest BCUT2D eigenvalue weighted by atomic mass is 32.1. The van der Waals surface area contributed by atoms with Crippen molar-refractivity contribution >= 4 is 22.8 Å². The average molecular weight is 272 g/mol. The fourth-order valence-electron chi connectivity index (χ4n) is 1.39. The molecule has 2 rings (SSSR count). The smallest absolute Gasteiger partial charge is 0.226 e. The lowest BCUT2D eigenvalue weighted by atomic mass is 10.2. The molecule has 0 aliphatic heterocycles. The number of Topliss-reactive ketones (excluding diaryl/α,β-unsaturated/α-hetero) is 1. The Kier molecular flexibility index (Phi) is 4.20. The van der Waals surface area contributed by atoms with E-state index < -0.39 is 0 Å². The number of carbonyl (C=O) groups excluding carboxylic acids is 1. The number of aliphatic hydroxyl groups is 1. The second-order valence-electron chi connectivity index (χ2n) is 3.86. The van der Waals surface area contributed by atoms with Gasteiger partial charge in [0.05, 0.1) is 10.6 Å². The zero-order valence-electron chi connectivity index (χ0n) is 10.3. The first-order valence-electron chi connectivity index (χ1n) is 5.61. The van der Waals surface area contributed by atoms with E-state index in [-0.39, 0.29) is 11.5 Å². The maximum Gasteiger partial charge on any atom is 0.226 e. The predicted octanol–water partition coefficient (Wildman–Crippen LogP) is 4.42. The fourth-order valence-corrected chi connectivity index (χ4v) is 2.06. The van der Waals surface area contributed by atoms with Crippen LogP contribution in [0.3, 0.4) is 0 Å². The maximum atomic E-state index is 11.9. The summed E-state index contributed by atoms with van der Waals surface area (Å²) < 4.78 is 0. The zero-order chi connectivity index (χ0) is 13.7. The minimum Gasteiger partial charge on any atom is -0.513 e. The molecule has 0 saturated carbocycles. The van der Waals surface area contributed by atoms with Gasteiger partial charge >= 0.3 is 0 Å². The summed E-state index contributed by atoms with van der Waals surface area (Å²) in [6.45, 7) is 1.97. The Morgan fingerprint density at radius 3 is 2.58 bits per heavy atom. The van der Waals surface area contributed by atoms with Gasteiger partial charge in [0.15, 0.2) is 5.70 Å². The Labute approximate surface area is 114 Å². The van der Waals surface area contributed by atoms with E-state index in [9.17, 15) is 4.79 Å². The van der Waals surface area contributed by atoms with Crippen LogP contribution in [0.5, 0.6) is 0 Å².